The molecule has 10 nitrogen and oxygen atoms in total. The quantitative estimate of drug-likeness (QED) is 0.467. The summed E-state index contributed by atoms with van der Waals surface area (Å²) in [5, 5.41) is 22.5. The van der Waals surface area contributed by atoms with Gasteiger partial charge in [-0.05, 0) is 12.1 Å². The molecule has 1 aromatic carbocycles. The highest BCUT2D eigenvalue weighted by Gasteiger charge is 2.35. The van der Waals surface area contributed by atoms with E-state index in [1.54, 1.807) is 12.1 Å². The van der Waals surface area contributed by atoms with Crippen molar-refractivity contribution in [3.05, 3.63) is 57.8 Å². The number of imide groups is 1. The van der Waals surface area contributed by atoms with E-state index in [0.29, 0.717) is 0 Å². The van der Waals surface area contributed by atoms with Crippen molar-refractivity contribution in [3.63, 3.8) is 0 Å². The van der Waals surface area contributed by atoms with Gasteiger partial charge in [0.25, 0.3) is 17.5 Å². The number of nitro groups is 1. The van der Waals surface area contributed by atoms with E-state index in [4.69, 9.17) is 0 Å². The Morgan fingerprint density at radius 1 is 1.23 bits per heavy atom. The molecule has 1 aromatic heterocycles. The van der Waals surface area contributed by atoms with Crippen molar-refractivity contribution in [1.29, 1.82) is 0 Å². The molecule has 0 spiro atoms. The molecule has 0 unspecified atom stereocenters. The van der Waals surface area contributed by atoms with E-state index in [1.165, 1.54) is 12.1 Å². The zero-order valence-corrected chi connectivity index (χ0v) is 13.2. The number of nitrogens with one attached hydrogen (secondary N) is 1. The molecule has 0 fully saturated rings. The van der Waals surface area contributed by atoms with Gasteiger partial charge in [0.1, 0.15) is 6.20 Å². The Kier molecular flexibility index (Phi) is 4.31. The first kappa shape index (κ1) is 17.0. The average molecular weight is 356 g/mol. The molecule has 3 rings (SSSR count). The molecule has 1 aliphatic rings. The van der Waals surface area contributed by atoms with Crippen LogP contribution in [0.4, 0.5) is 11.5 Å². The number of carbonyl (C=O) groups excluding carboxylic acids is 3. The fourth-order valence-electron chi connectivity index (χ4n) is 2.49. The number of nitrogens with zero attached hydrogens (tertiary/aromatic N) is 3. The average Bonchev–Trinajstić information content (AvgIpc) is 2.86. The standard InChI is InChI=1S/C16H12N4O6/c21-12-7-9(20(25)26)8-17-14(12)18-13(22)5-6-19-15(23)10-3-1-2-4-11(10)16(19)24/h1-4,7-8,21H,5-6H2,(H,17,18,22). The van der Waals surface area contributed by atoms with Crippen molar-refractivity contribution in [2.75, 3.05) is 11.9 Å². The van der Waals surface area contributed by atoms with Gasteiger partial charge in [0.15, 0.2) is 11.6 Å². The van der Waals surface area contributed by atoms with Crippen LogP contribution in [0.15, 0.2) is 36.5 Å². The third-order valence-electron chi connectivity index (χ3n) is 3.76. The number of aromatic nitrogens is 1. The zero-order chi connectivity index (χ0) is 18.8. The van der Waals surface area contributed by atoms with Gasteiger partial charge in [-0.15, -0.1) is 0 Å². The number of rotatable bonds is 5. The Morgan fingerprint density at radius 2 is 1.85 bits per heavy atom. The maximum absolute atomic E-state index is 12.2. The number of amides is 3. The van der Waals surface area contributed by atoms with Gasteiger partial charge in [-0.1, -0.05) is 12.1 Å². The first-order valence-corrected chi connectivity index (χ1v) is 7.47. The van der Waals surface area contributed by atoms with Crippen molar-refractivity contribution < 1.29 is 24.4 Å². The summed E-state index contributed by atoms with van der Waals surface area (Å²) < 4.78 is 0. The predicted octanol–water partition coefficient (Wildman–Crippen LogP) is 1.32. The van der Waals surface area contributed by atoms with Crippen LogP contribution in [-0.2, 0) is 4.79 Å². The van der Waals surface area contributed by atoms with Crippen LogP contribution in [0.2, 0.25) is 0 Å². The Hall–Kier alpha value is -3.82. The minimum atomic E-state index is -0.736. The second-order valence-electron chi connectivity index (χ2n) is 5.42. The highest BCUT2D eigenvalue weighted by Crippen LogP contribution is 2.25. The third-order valence-corrected chi connectivity index (χ3v) is 3.76. The molecular weight excluding hydrogens is 344 g/mol. The number of aromatic hydroxyl groups is 1. The van der Waals surface area contributed by atoms with Gasteiger partial charge >= 0.3 is 0 Å². The van der Waals surface area contributed by atoms with Gasteiger partial charge in [0.2, 0.25) is 5.91 Å². The fourth-order valence-corrected chi connectivity index (χ4v) is 2.49. The largest absolute Gasteiger partial charge is 0.504 e. The molecule has 0 saturated carbocycles. The topological polar surface area (TPSA) is 143 Å². The minimum Gasteiger partial charge on any atom is -0.504 e. The second-order valence-corrected chi connectivity index (χ2v) is 5.42. The summed E-state index contributed by atoms with van der Waals surface area (Å²) in [6, 6.07) is 7.21. The Bertz CT molecular complexity index is 907. The maximum atomic E-state index is 12.2. The van der Waals surface area contributed by atoms with Crippen molar-refractivity contribution in [3.8, 4) is 5.75 Å². The van der Waals surface area contributed by atoms with E-state index in [0.717, 1.165) is 17.2 Å². The molecule has 2 heterocycles. The van der Waals surface area contributed by atoms with Crippen molar-refractivity contribution >= 4 is 29.2 Å². The molecule has 3 amide bonds. The van der Waals surface area contributed by atoms with Crippen molar-refractivity contribution in [2.45, 2.75) is 6.42 Å². The number of pyridine rings is 1. The second kappa shape index (κ2) is 6.59. The Balaban J connectivity index is 1.63. The van der Waals surface area contributed by atoms with Crippen LogP contribution in [0.25, 0.3) is 0 Å². The first-order chi connectivity index (χ1) is 12.4. The lowest BCUT2D eigenvalue weighted by atomic mass is 10.1. The summed E-state index contributed by atoms with van der Waals surface area (Å²) in [5.74, 6) is -2.38. The summed E-state index contributed by atoms with van der Waals surface area (Å²) in [6.07, 6.45) is 0.670. The number of fused-ring (bicyclic) bond motifs is 1. The zero-order valence-electron chi connectivity index (χ0n) is 13.2. The summed E-state index contributed by atoms with van der Waals surface area (Å²) in [6.45, 7) is -0.147. The lowest BCUT2D eigenvalue weighted by Gasteiger charge is -2.13. The van der Waals surface area contributed by atoms with Gasteiger partial charge in [-0.25, -0.2) is 4.98 Å². The van der Waals surface area contributed by atoms with E-state index < -0.39 is 34.1 Å². The predicted molar refractivity (Wildman–Crippen MR) is 87.6 cm³/mol. The lowest BCUT2D eigenvalue weighted by Crippen LogP contribution is -2.33. The van der Waals surface area contributed by atoms with E-state index in [-0.39, 0.29) is 29.9 Å². The van der Waals surface area contributed by atoms with E-state index >= 15 is 0 Å². The van der Waals surface area contributed by atoms with Gasteiger partial charge in [0, 0.05) is 13.0 Å². The molecule has 132 valence electrons. The van der Waals surface area contributed by atoms with E-state index in [1.807, 2.05) is 0 Å². The number of benzene rings is 1. The van der Waals surface area contributed by atoms with E-state index in [9.17, 15) is 29.6 Å². The third kappa shape index (κ3) is 3.07. The van der Waals surface area contributed by atoms with Crippen LogP contribution in [0.1, 0.15) is 27.1 Å². The molecule has 2 aromatic rings. The molecule has 0 radical (unpaired) electrons. The Morgan fingerprint density at radius 3 is 2.38 bits per heavy atom. The molecule has 2 N–H and O–H groups in total. The van der Waals surface area contributed by atoms with Crippen molar-refractivity contribution in [1.82, 2.24) is 9.88 Å². The smallest absolute Gasteiger partial charge is 0.291 e. The van der Waals surface area contributed by atoms with Gasteiger partial charge in [-0.3, -0.25) is 29.4 Å². The summed E-state index contributed by atoms with van der Waals surface area (Å²) in [4.78, 5) is 50.8. The first-order valence-electron chi connectivity index (χ1n) is 7.47. The number of hydrogen-bond donors (Lipinski definition) is 2. The van der Waals surface area contributed by atoms with Crippen LogP contribution in [0.5, 0.6) is 5.75 Å². The monoisotopic (exact) mass is 356 g/mol. The van der Waals surface area contributed by atoms with E-state index in [2.05, 4.69) is 10.3 Å². The van der Waals surface area contributed by atoms with Gasteiger partial charge in [-0.2, -0.15) is 0 Å². The summed E-state index contributed by atoms with van der Waals surface area (Å²) in [7, 11) is 0. The van der Waals surface area contributed by atoms with Gasteiger partial charge in [0.05, 0.1) is 22.1 Å². The fraction of sp³-hybridized carbons (Fsp3) is 0.125. The molecule has 10 heteroatoms. The summed E-state index contributed by atoms with van der Waals surface area (Å²) >= 11 is 0. The molecule has 1 aliphatic heterocycles. The minimum absolute atomic E-state index is 0.147. The normalized spacial score (nSPS) is 12.8. The van der Waals surface area contributed by atoms with Crippen LogP contribution in [-0.4, -0.2) is 44.2 Å². The van der Waals surface area contributed by atoms with Crippen LogP contribution >= 0.6 is 0 Å². The molecule has 0 aliphatic carbocycles. The Labute approximate surface area is 146 Å². The molecule has 26 heavy (non-hydrogen) atoms. The van der Waals surface area contributed by atoms with Crippen LogP contribution in [0.3, 0.4) is 0 Å². The SMILES string of the molecule is O=C(CCN1C(=O)c2ccccc2C1=O)Nc1ncc([N+](=O)[O-])cc1O. The number of carbonyl (C=O) groups is 3. The molecule has 0 atom stereocenters. The summed E-state index contributed by atoms with van der Waals surface area (Å²) in [5.41, 5.74) is 0.145. The highest BCUT2D eigenvalue weighted by molar-refractivity contribution is 6.21. The van der Waals surface area contributed by atoms with Gasteiger partial charge < -0.3 is 10.4 Å². The molecular formula is C16H12N4O6. The molecule has 0 saturated heterocycles. The van der Waals surface area contributed by atoms with Crippen LogP contribution in [0, 0.1) is 10.1 Å². The number of anilines is 1. The molecule has 0 bridgehead atoms. The van der Waals surface area contributed by atoms with Crippen LogP contribution < -0.4 is 5.32 Å². The van der Waals surface area contributed by atoms with Crippen molar-refractivity contribution in [2.24, 2.45) is 0 Å². The number of hydrogen-bond acceptors (Lipinski definition) is 7. The lowest BCUT2D eigenvalue weighted by molar-refractivity contribution is -0.385. The maximum Gasteiger partial charge on any atom is 0.291 e. The highest BCUT2D eigenvalue weighted by atomic mass is 16.6.